The molecule has 104 valence electrons. The van der Waals surface area contributed by atoms with Gasteiger partial charge in [0, 0.05) is 18.8 Å². The minimum absolute atomic E-state index is 0. The molecule has 0 heterocycles. The van der Waals surface area contributed by atoms with Crippen LogP contribution in [0.15, 0.2) is 11.8 Å². The summed E-state index contributed by atoms with van der Waals surface area (Å²) in [6, 6.07) is 0. The fourth-order valence-electron chi connectivity index (χ4n) is 2.11. The molecule has 2 heteroatoms. The third kappa shape index (κ3) is 9.52. The molecule has 0 amide bonds. The van der Waals surface area contributed by atoms with Crippen LogP contribution in [0, 0.1) is 0 Å². The van der Waals surface area contributed by atoms with E-state index in [1.54, 1.807) is 0 Å². The van der Waals surface area contributed by atoms with E-state index in [0.29, 0.717) is 0 Å². The third-order valence-corrected chi connectivity index (χ3v) is 3.16. The summed E-state index contributed by atoms with van der Waals surface area (Å²) in [6.45, 7) is 11.5. The quantitative estimate of drug-likeness (QED) is 0.476. The second-order valence-electron chi connectivity index (χ2n) is 4.53. The van der Waals surface area contributed by atoms with E-state index in [1.807, 2.05) is 0 Å². The van der Waals surface area contributed by atoms with Gasteiger partial charge in [-0.2, -0.15) is 0 Å². The lowest BCUT2D eigenvalue weighted by atomic mass is 10.2. The zero-order valence-electron chi connectivity index (χ0n) is 12.3. The van der Waals surface area contributed by atoms with Crippen molar-refractivity contribution in [1.82, 2.24) is 4.90 Å². The molecule has 0 aliphatic carbocycles. The SMILES string of the molecule is CC=C(CC)N(CCCCC)CCCCC.Cl. The maximum Gasteiger partial charge on any atom is 0.0174 e. The van der Waals surface area contributed by atoms with Gasteiger partial charge in [-0.3, -0.25) is 0 Å². The molecule has 0 saturated carbocycles. The van der Waals surface area contributed by atoms with Crippen molar-refractivity contribution >= 4 is 12.4 Å². The van der Waals surface area contributed by atoms with Crippen LogP contribution in [-0.2, 0) is 0 Å². The van der Waals surface area contributed by atoms with Crippen molar-refractivity contribution in [2.24, 2.45) is 0 Å². The smallest absolute Gasteiger partial charge is 0.0174 e. The molecule has 0 atom stereocenters. The van der Waals surface area contributed by atoms with E-state index in [-0.39, 0.29) is 12.4 Å². The molecule has 0 spiro atoms. The zero-order chi connectivity index (χ0) is 12.2. The van der Waals surface area contributed by atoms with E-state index in [2.05, 4.69) is 38.7 Å². The number of rotatable bonds is 10. The maximum atomic E-state index is 2.60. The van der Waals surface area contributed by atoms with Crippen LogP contribution >= 0.6 is 12.4 Å². The number of unbranched alkanes of at least 4 members (excludes halogenated alkanes) is 4. The molecule has 0 bridgehead atoms. The Morgan fingerprint density at radius 3 is 1.65 bits per heavy atom. The van der Waals surface area contributed by atoms with E-state index in [4.69, 9.17) is 0 Å². The van der Waals surface area contributed by atoms with Crippen LogP contribution in [0.2, 0.25) is 0 Å². The summed E-state index contributed by atoms with van der Waals surface area (Å²) in [7, 11) is 0. The Hall–Kier alpha value is -0.170. The highest BCUT2D eigenvalue weighted by molar-refractivity contribution is 5.85. The van der Waals surface area contributed by atoms with Crippen LogP contribution in [0.1, 0.15) is 72.6 Å². The fourth-order valence-corrected chi connectivity index (χ4v) is 2.11. The van der Waals surface area contributed by atoms with Gasteiger partial charge in [-0.1, -0.05) is 52.5 Å². The molecule has 0 saturated heterocycles. The van der Waals surface area contributed by atoms with E-state index in [9.17, 15) is 0 Å². The first-order valence-corrected chi connectivity index (χ1v) is 7.20. The van der Waals surface area contributed by atoms with Gasteiger partial charge in [0.05, 0.1) is 0 Å². The summed E-state index contributed by atoms with van der Waals surface area (Å²) >= 11 is 0. The Kier molecular flexibility index (Phi) is 15.7. The Balaban J connectivity index is 0. The van der Waals surface area contributed by atoms with Crippen molar-refractivity contribution in [3.8, 4) is 0 Å². The molecule has 1 nitrogen and oxygen atoms in total. The molecule has 0 aromatic rings. The van der Waals surface area contributed by atoms with Crippen LogP contribution < -0.4 is 0 Å². The van der Waals surface area contributed by atoms with Crippen LogP contribution in [0.3, 0.4) is 0 Å². The standard InChI is InChI=1S/C15H31N.ClH/c1-5-9-11-13-16(14-12-10-6-2)15(7-3)8-4;/h7H,5-6,8-14H2,1-4H3;1H. The number of allylic oxidation sites excluding steroid dienone is 2. The number of halogens is 1. The Bertz CT molecular complexity index is 168. The largest absolute Gasteiger partial charge is 0.375 e. The van der Waals surface area contributed by atoms with Gasteiger partial charge >= 0.3 is 0 Å². The Morgan fingerprint density at radius 1 is 0.882 bits per heavy atom. The highest BCUT2D eigenvalue weighted by Crippen LogP contribution is 2.12. The number of hydrogen-bond donors (Lipinski definition) is 0. The van der Waals surface area contributed by atoms with Crippen LogP contribution in [0.5, 0.6) is 0 Å². The summed E-state index contributed by atoms with van der Waals surface area (Å²) in [5, 5.41) is 0. The molecular formula is C15H32ClN. The summed E-state index contributed by atoms with van der Waals surface area (Å²) in [4.78, 5) is 2.60. The Labute approximate surface area is 115 Å². The lowest BCUT2D eigenvalue weighted by Crippen LogP contribution is -2.25. The maximum absolute atomic E-state index is 2.60. The summed E-state index contributed by atoms with van der Waals surface area (Å²) < 4.78 is 0. The van der Waals surface area contributed by atoms with E-state index in [0.717, 1.165) is 0 Å². The first kappa shape index (κ1) is 19.2. The summed E-state index contributed by atoms with van der Waals surface area (Å²) in [5.74, 6) is 0. The highest BCUT2D eigenvalue weighted by Gasteiger charge is 2.06. The van der Waals surface area contributed by atoms with Gasteiger partial charge in [0.2, 0.25) is 0 Å². The molecule has 0 fully saturated rings. The minimum Gasteiger partial charge on any atom is -0.375 e. The minimum atomic E-state index is 0. The first-order valence-electron chi connectivity index (χ1n) is 7.20. The van der Waals surface area contributed by atoms with Gasteiger partial charge in [0.15, 0.2) is 0 Å². The molecule has 0 aromatic carbocycles. The second kappa shape index (κ2) is 13.9. The summed E-state index contributed by atoms with van der Waals surface area (Å²) in [6.07, 6.45) is 11.5. The summed E-state index contributed by atoms with van der Waals surface area (Å²) in [5.41, 5.74) is 1.53. The van der Waals surface area contributed by atoms with Crippen LogP contribution in [0.4, 0.5) is 0 Å². The van der Waals surface area contributed by atoms with Crippen molar-refractivity contribution in [3.05, 3.63) is 11.8 Å². The monoisotopic (exact) mass is 261 g/mol. The molecule has 0 rings (SSSR count). The van der Waals surface area contributed by atoms with Crippen molar-refractivity contribution in [1.29, 1.82) is 0 Å². The predicted octanol–water partition coefficient (Wildman–Crippen LogP) is 5.40. The molecule has 0 unspecified atom stereocenters. The van der Waals surface area contributed by atoms with Crippen molar-refractivity contribution < 1.29 is 0 Å². The molecule has 0 N–H and O–H groups in total. The van der Waals surface area contributed by atoms with Gasteiger partial charge < -0.3 is 4.90 Å². The van der Waals surface area contributed by atoms with Gasteiger partial charge in [-0.05, 0) is 26.2 Å². The van der Waals surface area contributed by atoms with E-state index < -0.39 is 0 Å². The molecule has 17 heavy (non-hydrogen) atoms. The lowest BCUT2D eigenvalue weighted by molar-refractivity contribution is 0.317. The predicted molar refractivity (Wildman–Crippen MR) is 81.9 cm³/mol. The van der Waals surface area contributed by atoms with E-state index >= 15 is 0 Å². The van der Waals surface area contributed by atoms with Gasteiger partial charge in [-0.25, -0.2) is 0 Å². The van der Waals surface area contributed by atoms with Gasteiger partial charge in [0.25, 0.3) is 0 Å². The fraction of sp³-hybridized carbons (Fsp3) is 0.867. The molecule has 0 aromatic heterocycles. The molecule has 0 aliphatic heterocycles. The lowest BCUT2D eigenvalue weighted by Gasteiger charge is -2.27. The number of nitrogens with zero attached hydrogens (tertiary/aromatic N) is 1. The van der Waals surface area contributed by atoms with E-state index in [1.165, 1.54) is 63.7 Å². The average Bonchev–Trinajstić information content (AvgIpc) is 2.30. The molecule has 0 aliphatic rings. The average molecular weight is 262 g/mol. The van der Waals surface area contributed by atoms with Gasteiger partial charge in [-0.15, -0.1) is 12.4 Å². The first-order chi connectivity index (χ1) is 7.79. The van der Waals surface area contributed by atoms with Crippen molar-refractivity contribution in [2.45, 2.75) is 72.6 Å². The zero-order valence-corrected chi connectivity index (χ0v) is 13.1. The molecular weight excluding hydrogens is 230 g/mol. The molecule has 0 radical (unpaired) electrons. The number of hydrogen-bond acceptors (Lipinski definition) is 1. The topological polar surface area (TPSA) is 3.24 Å². The van der Waals surface area contributed by atoms with Crippen LogP contribution in [0.25, 0.3) is 0 Å². The highest BCUT2D eigenvalue weighted by atomic mass is 35.5. The van der Waals surface area contributed by atoms with Crippen molar-refractivity contribution in [3.63, 3.8) is 0 Å². The third-order valence-electron chi connectivity index (χ3n) is 3.16. The van der Waals surface area contributed by atoms with Gasteiger partial charge in [0.1, 0.15) is 0 Å². The second-order valence-corrected chi connectivity index (χ2v) is 4.53. The Morgan fingerprint density at radius 2 is 1.35 bits per heavy atom. The van der Waals surface area contributed by atoms with Crippen LogP contribution in [-0.4, -0.2) is 18.0 Å². The normalized spacial score (nSPS) is 11.2. The van der Waals surface area contributed by atoms with Crippen molar-refractivity contribution in [2.75, 3.05) is 13.1 Å².